The summed E-state index contributed by atoms with van der Waals surface area (Å²) in [6, 6.07) is 0. The summed E-state index contributed by atoms with van der Waals surface area (Å²) in [7, 11) is -2.70. The first kappa shape index (κ1) is 23.1. The quantitative estimate of drug-likeness (QED) is 0.380. The predicted octanol–water partition coefficient (Wildman–Crippen LogP) is 4.64. The number of nitrogens with zero attached hydrogens (tertiary/aromatic N) is 1. The highest BCUT2D eigenvalue weighted by Gasteiger charge is 2.51. The minimum absolute atomic E-state index is 0.270. The maximum absolute atomic E-state index is 6.36. The average Bonchev–Trinajstić information content (AvgIpc) is 2.56. The largest absolute Gasteiger partial charge is 0.519 e. The minimum atomic E-state index is -2.70. The number of rotatable bonds is 16. The van der Waals surface area contributed by atoms with E-state index in [1.54, 1.807) is 0 Å². The van der Waals surface area contributed by atoms with E-state index in [-0.39, 0.29) is 5.67 Å². The molecule has 0 aromatic heterocycles. The molecule has 0 aliphatic heterocycles. The van der Waals surface area contributed by atoms with Gasteiger partial charge in [0.05, 0.1) is 5.67 Å². The van der Waals surface area contributed by atoms with Gasteiger partial charge in [-0.15, -0.1) is 0 Å². The first-order chi connectivity index (χ1) is 11.2. The van der Waals surface area contributed by atoms with E-state index < -0.39 is 8.80 Å². The molecule has 0 saturated heterocycles. The smallest absolute Gasteiger partial charge is 0.373 e. The molecule has 0 amide bonds. The van der Waals surface area contributed by atoms with Gasteiger partial charge in [0.2, 0.25) is 0 Å². The molecule has 140 valence electrons. The highest BCUT2D eigenvalue weighted by Crippen LogP contribution is 2.24. The van der Waals surface area contributed by atoms with Crippen LogP contribution in [0.1, 0.15) is 80.1 Å². The second kappa shape index (κ2) is 14.4. The maximum Gasteiger partial charge on any atom is 0.519 e. The van der Waals surface area contributed by atoms with Gasteiger partial charge in [0.1, 0.15) is 0 Å². The summed E-state index contributed by atoms with van der Waals surface area (Å²) in [6.45, 7) is 17.5. The summed E-state index contributed by atoms with van der Waals surface area (Å²) in [5.74, 6) is 0. The van der Waals surface area contributed by atoms with Gasteiger partial charge in [0.15, 0.2) is 0 Å². The topological polar surface area (TPSA) is 30.9 Å². The van der Waals surface area contributed by atoms with Crippen LogP contribution in [0, 0.1) is 0 Å². The lowest BCUT2D eigenvalue weighted by atomic mass is 10.3. The molecule has 5 heteroatoms. The van der Waals surface area contributed by atoms with Gasteiger partial charge in [-0.05, 0) is 51.6 Å². The molecule has 0 fully saturated rings. The van der Waals surface area contributed by atoms with E-state index in [4.69, 9.17) is 13.3 Å². The lowest BCUT2D eigenvalue weighted by Gasteiger charge is -2.41. The van der Waals surface area contributed by atoms with Gasteiger partial charge in [0, 0.05) is 19.8 Å². The Labute approximate surface area is 146 Å². The van der Waals surface area contributed by atoms with Crippen molar-refractivity contribution in [2.45, 2.75) is 85.7 Å². The molecular formula is C18H41NO3Si. The van der Waals surface area contributed by atoms with Crippen LogP contribution in [-0.4, -0.2) is 52.3 Å². The van der Waals surface area contributed by atoms with Gasteiger partial charge in [-0.3, -0.25) is 4.90 Å². The highest BCUT2D eigenvalue weighted by atomic mass is 28.4. The lowest BCUT2D eigenvalue weighted by Crippen LogP contribution is -2.63. The maximum atomic E-state index is 6.36. The van der Waals surface area contributed by atoms with Crippen molar-refractivity contribution in [1.82, 2.24) is 4.90 Å². The molecule has 0 radical (unpaired) electrons. The molecule has 0 bridgehead atoms. The highest BCUT2D eigenvalue weighted by molar-refractivity contribution is 6.62. The summed E-state index contributed by atoms with van der Waals surface area (Å²) in [6.07, 6.45) is 6.31. The molecule has 0 heterocycles. The van der Waals surface area contributed by atoms with Gasteiger partial charge >= 0.3 is 8.80 Å². The lowest BCUT2D eigenvalue weighted by molar-refractivity contribution is 0.0243. The summed E-state index contributed by atoms with van der Waals surface area (Å²) in [4.78, 5) is 2.55. The zero-order valence-electron chi connectivity index (χ0n) is 16.5. The molecule has 1 atom stereocenters. The molecule has 1 unspecified atom stereocenters. The van der Waals surface area contributed by atoms with Crippen molar-refractivity contribution < 1.29 is 13.3 Å². The Kier molecular flexibility index (Phi) is 14.4. The second-order valence-corrected chi connectivity index (χ2v) is 8.85. The van der Waals surface area contributed by atoms with Crippen LogP contribution in [0.25, 0.3) is 0 Å². The zero-order valence-corrected chi connectivity index (χ0v) is 17.5. The van der Waals surface area contributed by atoms with Crippen LogP contribution in [0.5, 0.6) is 0 Å². The molecular weight excluding hydrogens is 306 g/mol. The SMILES string of the molecule is CCCO[Si](OCCC)(OCCC)C(CC)N(CCC)CCC. The molecule has 4 nitrogen and oxygen atoms in total. The summed E-state index contributed by atoms with van der Waals surface area (Å²) in [5.41, 5.74) is 0.270. The molecule has 0 spiro atoms. The Balaban J connectivity index is 5.45. The van der Waals surface area contributed by atoms with Crippen LogP contribution in [0.3, 0.4) is 0 Å². The van der Waals surface area contributed by atoms with Gasteiger partial charge in [-0.2, -0.15) is 0 Å². The van der Waals surface area contributed by atoms with E-state index in [0.29, 0.717) is 0 Å². The molecule has 23 heavy (non-hydrogen) atoms. The van der Waals surface area contributed by atoms with Crippen molar-refractivity contribution in [3.8, 4) is 0 Å². The second-order valence-electron chi connectivity index (χ2n) is 6.11. The summed E-state index contributed by atoms with van der Waals surface area (Å²) >= 11 is 0. The third-order valence-electron chi connectivity index (χ3n) is 3.78. The standard InChI is InChI=1S/C18H41NO3Si/c1-7-13-19(14-8-2)18(12-6)23(20-15-9-3,21-16-10-4)22-17-11-5/h18H,7-17H2,1-6H3. The first-order valence-electron chi connectivity index (χ1n) is 9.81. The van der Waals surface area contributed by atoms with Crippen LogP contribution in [0.15, 0.2) is 0 Å². The predicted molar refractivity (Wildman–Crippen MR) is 101 cm³/mol. The molecule has 0 saturated carbocycles. The Morgan fingerprint density at radius 2 is 1.04 bits per heavy atom. The van der Waals surface area contributed by atoms with Crippen LogP contribution in [-0.2, 0) is 13.3 Å². The van der Waals surface area contributed by atoms with E-state index in [9.17, 15) is 0 Å². The van der Waals surface area contributed by atoms with Gasteiger partial charge in [-0.25, -0.2) is 0 Å². The minimum Gasteiger partial charge on any atom is -0.373 e. The molecule has 0 rings (SSSR count). The molecule has 0 N–H and O–H groups in total. The van der Waals surface area contributed by atoms with E-state index >= 15 is 0 Å². The molecule has 0 aliphatic carbocycles. The summed E-state index contributed by atoms with van der Waals surface area (Å²) in [5, 5.41) is 0. The molecule has 0 aromatic rings. The molecule has 0 aromatic carbocycles. The van der Waals surface area contributed by atoms with Crippen molar-refractivity contribution in [3.05, 3.63) is 0 Å². The Hall–Kier alpha value is 0.0569. The van der Waals surface area contributed by atoms with Crippen molar-refractivity contribution in [1.29, 1.82) is 0 Å². The monoisotopic (exact) mass is 347 g/mol. The van der Waals surface area contributed by atoms with Crippen LogP contribution in [0.4, 0.5) is 0 Å². The average molecular weight is 348 g/mol. The number of hydrogen-bond acceptors (Lipinski definition) is 4. The third-order valence-corrected chi connectivity index (χ3v) is 7.19. The van der Waals surface area contributed by atoms with Crippen LogP contribution >= 0.6 is 0 Å². The molecule has 0 aliphatic rings. The fourth-order valence-corrected chi connectivity index (χ4v) is 6.37. The normalized spacial score (nSPS) is 13.7. The van der Waals surface area contributed by atoms with Crippen molar-refractivity contribution >= 4 is 8.80 Å². The Morgan fingerprint density at radius 3 is 1.30 bits per heavy atom. The zero-order chi connectivity index (χ0) is 17.6. The van der Waals surface area contributed by atoms with Gasteiger partial charge in [0.25, 0.3) is 0 Å². The first-order valence-corrected chi connectivity index (χ1v) is 11.6. The fraction of sp³-hybridized carbons (Fsp3) is 1.00. The van der Waals surface area contributed by atoms with Crippen LogP contribution in [0.2, 0.25) is 0 Å². The fourth-order valence-electron chi connectivity index (χ4n) is 2.88. The van der Waals surface area contributed by atoms with E-state index in [0.717, 1.165) is 71.4 Å². The van der Waals surface area contributed by atoms with E-state index in [2.05, 4.69) is 46.4 Å². The van der Waals surface area contributed by atoms with E-state index in [1.165, 1.54) is 0 Å². The Bertz CT molecular complexity index is 239. The third kappa shape index (κ3) is 8.12. The summed E-state index contributed by atoms with van der Waals surface area (Å²) < 4.78 is 19.1. The number of hydrogen-bond donors (Lipinski definition) is 0. The van der Waals surface area contributed by atoms with Crippen molar-refractivity contribution in [2.75, 3.05) is 32.9 Å². The van der Waals surface area contributed by atoms with E-state index in [1.807, 2.05) is 0 Å². The van der Waals surface area contributed by atoms with Crippen LogP contribution < -0.4 is 0 Å². The Morgan fingerprint density at radius 1 is 0.652 bits per heavy atom. The van der Waals surface area contributed by atoms with Crippen molar-refractivity contribution in [3.63, 3.8) is 0 Å². The van der Waals surface area contributed by atoms with Crippen molar-refractivity contribution in [2.24, 2.45) is 0 Å². The van der Waals surface area contributed by atoms with Gasteiger partial charge < -0.3 is 13.3 Å². The van der Waals surface area contributed by atoms with Gasteiger partial charge in [-0.1, -0.05) is 41.5 Å².